The van der Waals surface area contributed by atoms with Crippen LogP contribution in [0.1, 0.15) is 70.4 Å². The van der Waals surface area contributed by atoms with Gasteiger partial charge < -0.3 is 9.64 Å². The molecule has 0 bridgehead atoms. The Morgan fingerprint density at radius 2 is 1.42 bits per heavy atom. The van der Waals surface area contributed by atoms with Crippen molar-refractivity contribution in [1.29, 1.82) is 0 Å². The lowest BCUT2D eigenvalue weighted by Gasteiger charge is -2.48. The number of nitrogens with zero attached hydrogens (tertiary/aromatic N) is 1. The van der Waals surface area contributed by atoms with E-state index in [2.05, 4.69) is 64.5 Å². The number of rotatable bonds is 4. The normalized spacial score (nSPS) is 21.0. The lowest BCUT2D eigenvalue weighted by Crippen LogP contribution is -2.43. The number of allylic oxidation sites excluding steroid dienone is 4. The van der Waals surface area contributed by atoms with Crippen LogP contribution in [0.5, 0.6) is 5.75 Å². The SMILES string of the molecule is CN1C2=C(C(=O)CC(C)(C)C2)C(c2cc(Br)cc(Br)c2OCc2ccc(F)cc2)C2=C1CC(C)(C)CC2=O. The third-order valence-corrected chi connectivity index (χ3v) is 8.87. The summed E-state index contributed by atoms with van der Waals surface area (Å²) in [5.41, 5.74) is 4.68. The van der Waals surface area contributed by atoms with Gasteiger partial charge >= 0.3 is 0 Å². The first kappa shape index (κ1) is 27.3. The molecule has 0 spiro atoms. The molecule has 3 aliphatic rings. The predicted molar refractivity (Wildman–Crippen MR) is 153 cm³/mol. The van der Waals surface area contributed by atoms with Crippen LogP contribution in [0.15, 0.2) is 67.9 Å². The maximum absolute atomic E-state index is 13.9. The van der Waals surface area contributed by atoms with Crippen LogP contribution < -0.4 is 4.74 Å². The van der Waals surface area contributed by atoms with Crippen LogP contribution in [-0.2, 0) is 16.2 Å². The van der Waals surface area contributed by atoms with Gasteiger partial charge in [-0.3, -0.25) is 9.59 Å². The number of hydrogen-bond donors (Lipinski definition) is 0. The van der Waals surface area contributed by atoms with Gasteiger partial charge in [-0.05, 0) is 69.4 Å². The highest BCUT2D eigenvalue weighted by molar-refractivity contribution is 9.11. The van der Waals surface area contributed by atoms with E-state index in [0.29, 0.717) is 29.7 Å². The van der Waals surface area contributed by atoms with Crippen molar-refractivity contribution in [2.75, 3.05) is 7.05 Å². The second kappa shape index (κ2) is 9.74. The molecule has 0 radical (unpaired) electrons. The number of carbonyl (C=O) groups excluding carboxylic acids is 2. The van der Waals surface area contributed by atoms with Gasteiger partial charge in [0.15, 0.2) is 11.6 Å². The average Bonchev–Trinajstić information content (AvgIpc) is 2.79. The molecule has 0 saturated heterocycles. The third kappa shape index (κ3) is 5.04. The third-order valence-electron chi connectivity index (χ3n) is 7.82. The molecular weight excluding hydrogens is 613 g/mol. The van der Waals surface area contributed by atoms with Crippen molar-refractivity contribution in [2.24, 2.45) is 10.8 Å². The lowest BCUT2D eigenvalue weighted by atomic mass is 9.63. The summed E-state index contributed by atoms with van der Waals surface area (Å²) in [6.45, 7) is 8.74. The Morgan fingerprint density at radius 3 is 1.95 bits per heavy atom. The smallest absolute Gasteiger partial charge is 0.162 e. The second-order valence-corrected chi connectivity index (χ2v) is 14.1. The standard InChI is InChI=1S/C31H32Br2FNO3/c1-30(2)12-22-27(24(36)14-30)26(28-23(35(22)5)13-31(3,4)15-25(28)37)20-10-18(32)11-21(33)29(20)38-16-17-6-8-19(34)9-7-17/h6-11,26H,12-16H2,1-5H3. The monoisotopic (exact) mass is 643 g/mol. The van der Waals surface area contributed by atoms with Crippen molar-refractivity contribution in [2.45, 2.75) is 65.9 Å². The van der Waals surface area contributed by atoms with Gasteiger partial charge in [0, 0.05) is 58.4 Å². The molecule has 0 aromatic heterocycles. The molecule has 0 N–H and O–H groups in total. The summed E-state index contributed by atoms with van der Waals surface area (Å²) in [5, 5.41) is 0. The maximum atomic E-state index is 13.9. The number of ether oxygens (including phenoxy) is 1. The number of benzene rings is 2. The first-order chi connectivity index (χ1) is 17.8. The molecule has 200 valence electrons. The summed E-state index contributed by atoms with van der Waals surface area (Å²) < 4.78 is 21.4. The molecule has 38 heavy (non-hydrogen) atoms. The van der Waals surface area contributed by atoms with Crippen molar-refractivity contribution < 1.29 is 18.7 Å². The van der Waals surface area contributed by atoms with Crippen molar-refractivity contribution >= 4 is 43.4 Å². The quantitative estimate of drug-likeness (QED) is 0.336. The van der Waals surface area contributed by atoms with Gasteiger partial charge in [0.2, 0.25) is 0 Å². The van der Waals surface area contributed by atoms with Crippen molar-refractivity contribution in [3.63, 3.8) is 0 Å². The highest BCUT2D eigenvalue weighted by Gasteiger charge is 2.49. The van der Waals surface area contributed by atoms with Crippen LogP contribution >= 0.6 is 31.9 Å². The molecule has 2 aromatic rings. The number of hydrogen-bond acceptors (Lipinski definition) is 4. The molecule has 0 fully saturated rings. The van der Waals surface area contributed by atoms with E-state index in [4.69, 9.17) is 4.74 Å². The topological polar surface area (TPSA) is 46.6 Å². The zero-order chi connectivity index (χ0) is 27.6. The fraction of sp³-hybridized carbons (Fsp3) is 0.419. The average molecular weight is 645 g/mol. The van der Waals surface area contributed by atoms with Gasteiger partial charge in [-0.25, -0.2) is 4.39 Å². The Morgan fingerprint density at radius 1 is 0.895 bits per heavy atom. The Labute approximate surface area is 240 Å². The van der Waals surface area contributed by atoms with Crippen LogP contribution in [0.2, 0.25) is 0 Å². The molecule has 7 heteroatoms. The van der Waals surface area contributed by atoms with Crippen LogP contribution in [0.3, 0.4) is 0 Å². The molecule has 4 nitrogen and oxygen atoms in total. The molecule has 2 aliphatic carbocycles. The van der Waals surface area contributed by atoms with E-state index in [9.17, 15) is 14.0 Å². The van der Waals surface area contributed by atoms with Gasteiger partial charge in [-0.1, -0.05) is 55.8 Å². The summed E-state index contributed by atoms with van der Waals surface area (Å²) in [4.78, 5) is 29.8. The second-order valence-electron chi connectivity index (χ2n) is 12.3. The van der Waals surface area contributed by atoms with Crippen LogP contribution in [0.4, 0.5) is 4.39 Å². The maximum Gasteiger partial charge on any atom is 0.162 e. The van der Waals surface area contributed by atoms with E-state index in [0.717, 1.165) is 44.3 Å². The molecule has 5 rings (SSSR count). The largest absolute Gasteiger partial charge is 0.487 e. The molecule has 0 atom stereocenters. The Kier molecular flexibility index (Phi) is 7.00. The lowest BCUT2D eigenvalue weighted by molar-refractivity contribution is -0.119. The molecule has 0 saturated carbocycles. The highest BCUT2D eigenvalue weighted by Crippen LogP contribution is 2.56. The fourth-order valence-corrected chi connectivity index (χ4v) is 7.53. The van der Waals surface area contributed by atoms with Crippen LogP contribution in [-0.4, -0.2) is 23.5 Å². The van der Waals surface area contributed by atoms with E-state index in [-0.39, 0.29) is 34.8 Å². The van der Waals surface area contributed by atoms with Gasteiger partial charge in [-0.15, -0.1) is 0 Å². The number of halogens is 3. The summed E-state index contributed by atoms with van der Waals surface area (Å²) in [7, 11) is 2.01. The minimum Gasteiger partial charge on any atom is -0.487 e. The Balaban J connectivity index is 1.70. The molecular formula is C31H32Br2FNO3. The van der Waals surface area contributed by atoms with Gasteiger partial charge in [0.25, 0.3) is 0 Å². The Bertz CT molecular complexity index is 1350. The van der Waals surface area contributed by atoms with Crippen LogP contribution in [0.25, 0.3) is 0 Å². The predicted octanol–water partition coefficient (Wildman–Crippen LogP) is 8.25. The minimum absolute atomic E-state index is 0.0814. The van der Waals surface area contributed by atoms with E-state index in [1.54, 1.807) is 12.1 Å². The van der Waals surface area contributed by atoms with Gasteiger partial charge in [-0.2, -0.15) is 0 Å². The summed E-state index contributed by atoms with van der Waals surface area (Å²) in [6.07, 6.45) is 2.37. The first-order valence-electron chi connectivity index (χ1n) is 12.9. The zero-order valence-corrected chi connectivity index (χ0v) is 25.6. The van der Waals surface area contributed by atoms with E-state index in [1.807, 2.05) is 19.2 Å². The highest BCUT2D eigenvalue weighted by atomic mass is 79.9. The van der Waals surface area contributed by atoms with Crippen molar-refractivity contribution in [3.05, 3.63) is 84.8 Å². The summed E-state index contributed by atoms with van der Waals surface area (Å²) >= 11 is 7.31. The van der Waals surface area contributed by atoms with E-state index >= 15 is 0 Å². The van der Waals surface area contributed by atoms with Gasteiger partial charge in [0.05, 0.1) is 4.47 Å². The molecule has 1 heterocycles. The van der Waals surface area contributed by atoms with Crippen molar-refractivity contribution in [3.8, 4) is 5.75 Å². The van der Waals surface area contributed by atoms with Gasteiger partial charge in [0.1, 0.15) is 18.2 Å². The molecule has 1 aliphatic heterocycles. The molecule has 0 unspecified atom stereocenters. The van der Waals surface area contributed by atoms with Crippen molar-refractivity contribution in [1.82, 2.24) is 4.90 Å². The summed E-state index contributed by atoms with van der Waals surface area (Å²) in [5.74, 6) is -0.0702. The number of Topliss-reactive ketones (excluding diaryl/α,β-unsaturated/α-hetero) is 2. The summed E-state index contributed by atoms with van der Waals surface area (Å²) in [6, 6.07) is 10.1. The number of ketones is 2. The van der Waals surface area contributed by atoms with E-state index in [1.165, 1.54) is 12.1 Å². The fourth-order valence-electron chi connectivity index (χ4n) is 6.16. The molecule has 2 aromatic carbocycles. The first-order valence-corrected chi connectivity index (χ1v) is 14.5. The minimum atomic E-state index is -0.514. The van der Waals surface area contributed by atoms with E-state index < -0.39 is 5.92 Å². The number of carbonyl (C=O) groups is 2. The molecule has 0 amide bonds. The Hall–Kier alpha value is -2.25. The zero-order valence-electron chi connectivity index (χ0n) is 22.4. The van der Waals surface area contributed by atoms with Crippen LogP contribution in [0, 0.1) is 16.6 Å².